The lowest BCUT2D eigenvalue weighted by Crippen LogP contribution is -2.06. The number of nitrogens with zero attached hydrogens (tertiary/aromatic N) is 1. The Morgan fingerprint density at radius 3 is 2.88 bits per heavy atom. The van der Waals surface area contributed by atoms with Gasteiger partial charge in [0.1, 0.15) is 5.01 Å². The molecule has 5 heteroatoms. The molecular weight excluding hydrogens is 320 g/mol. The van der Waals surface area contributed by atoms with Crippen molar-refractivity contribution >= 4 is 44.6 Å². The van der Waals surface area contributed by atoms with E-state index in [1.165, 1.54) is 0 Å². The van der Waals surface area contributed by atoms with Crippen molar-refractivity contribution in [1.29, 1.82) is 0 Å². The average Bonchev–Trinajstić information content (AvgIpc) is 2.79. The summed E-state index contributed by atoms with van der Waals surface area (Å²) >= 11 is 11.3. The van der Waals surface area contributed by atoms with Crippen LogP contribution in [0.1, 0.15) is 23.5 Å². The van der Waals surface area contributed by atoms with Crippen LogP contribution in [0.5, 0.6) is 0 Å². The van der Waals surface area contributed by atoms with E-state index in [9.17, 15) is 0 Å². The number of anilines is 1. The summed E-state index contributed by atoms with van der Waals surface area (Å²) in [5, 5.41) is 7.20. The molecule has 0 amide bonds. The molecule has 2 aromatic rings. The maximum Gasteiger partial charge on any atom is 0.115 e. The predicted molar refractivity (Wildman–Crippen MR) is 78.0 cm³/mol. The summed E-state index contributed by atoms with van der Waals surface area (Å²) in [5.41, 5.74) is 2.05. The lowest BCUT2D eigenvalue weighted by atomic mass is 10.2. The molecule has 0 saturated heterocycles. The Hall–Kier alpha value is -0.580. The predicted octanol–water partition coefficient (Wildman–Crippen LogP) is 5.04. The molecule has 1 heterocycles. The number of benzene rings is 1. The summed E-state index contributed by atoms with van der Waals surface area (Å²) < 4.78 is 1.02. The minimum atomic E-state index is 0.171. The third-order valence-electron chi connectivity index (χ3n) is 2.44. The van der Waals surface area contributed by atoms with Crippen LogP contribution >= 0.6 is 38.9 Å². The van der Waals surface area contributed by atoms with Crippen LogP contribution in [-0.4, -0.2) is 4.98 Å². The van der Waals surface area contributed by atoms with Gasteiger partial charge in [-0.2, -0.15) is 0 Å². The van der Waals surface area contributed by atoms with Crippen molar-refractivity contribution in [3.63, 3.8) is 0 Å². The minimum Gasteiger partial charge on any atom is -0.375 e. The van der Waals surface area contributed by atoms with E-state index in [0.29, 0.717) is 0 Å². The molecule has 1 aromatic carbocycles. The van der Waals surface area contributed by atoms with Crippen LogP contribution in [0.3, 0.4) is 0 Å². The van der Waals surface area contributed by atoms with Crippen molar-refractivity contribution in [2.45, 2.75) is 19.9 Å². The molecule has 2 rings (SSSR count). The summed E-state index contributed by atoms with van der Waals surface area (Å²) in [6.45, 7) is 4.07. The normalized spacial score (nSPS) is 12.5. The third kappa shape index (κ3) is 3.00. The second kappa shape index (κ2) is 5.38. The van der Waals surface area contributed by atoms with Gasteiger partial charge in [0.15, 0.2) is 0 Å². The van der Waals surface area contributed by atoms with E-state index >= 15 is 0 Å². The molecule has 0 radical (unpaired) electrons. The smallest absolute Gasteiger partial charge is 0.115 e. The summed E-state index contributed by atoms with van der Waals surface area (Å²) in [6.07, 6.45) is 1.81. The summed E-state index contributed by atoms with van der Waals surface area (Å²) in [4.78, 5) is 4.29. The van der Waals surface area contributed by atoms with E-state index in [0.717, 1.165) is 25.8 Å². The number of hydrogen-bond donors (Lipinski definition) is 1. The molecule has 17 heavy (non-hydrogen) atoms. The van der Waals surface area contributed by atoms with Gasteiger partial charge >= 0.3 is 0 Å². The number of aryl methyl sites for hydroxylation is 1. The quantitative estimate of drug-likeness (QED) is 0.852. The summed E-state index contributed by atoms with van der Waals surface area (Å²) in [6, 6.07) is 4.12. The van der Waals surface area contributed by atoms with Crippen molar-refractivity contribution < 1.29 is 0 Å². The number of halogens is 2. The fourth-order valence-electron chi connectivity index (χ4n) is 1.50. The minimum absolute atomic E-state index is 0.171. The fourth-order valence-corrected chi connectivity index (χ4v) is 2.88. The average molecular weight is 332 g/mol. The monoisotopic (exact) mass is 330 g/mol. The van der Waals surface area contributed by atoms with Gasteiger partial charge < -0.3 is 5.32 Å². The zero-order valence-electron chi connectivity index (χ0n) is 9.50. The van der Waals surface area contributed by atoms with Crippen LogP contribution in [0.4, 0.5) is 5.69 Å². The van der Waals surface area contributed by atoms with Gasteiger partial charge in [0, 0.05) is 21.1 Å². The van der Waals surface area contributed by atoms with Crippen LogP contribution in [-0.2, 0) is 0 Å². The maximum atomic E-state index is 6.12. The van der Waals surface area contributed by atoms with Crippen molar-refractivity contribution in [2.75, 3.05) is 5.32 Å². The van der Waals surface area contributed by atoms with E-state index in [-0.39, 0.29) is 6.04 Å². The molecule has 2 nitrogen and oxygen atoms in total. The Kier molecular flexibility index (Phi) is 4.07. The van der Waals surface area contributed by atoms with Gasteiger partial charge in [-0.15, -0.1) is 11.3 Å². The second-order valence-corrected chi connectivity index (χ2v) is 6.01. The zero-order valence-corrected chi connectivity index (χ0v) is 12.7. The number of nitrogens with one attached hydrogen (secondary N) is 1. The van der Waals surface area contributed by atoms with E-state index in [2.05, 4.69) is 33.2 Å². The highest BCUT2D eigenvalue weighted by molar-refractivity contribution is 9.10. The molecule has 0 fully saturated rings. The Morgan fingerprint density at radius 2 is 2.24 bits per heavy atom. The highest BCUT2D eigenvalue weighted by Crippen LogP contribution is 2.31. The Labute approximate surface area is 118 Å². The van der Waals surface area contributed by atoms with Crippen LogP contribution in [0.15, 0.2) is 28.2 Å². The van der Waals surface area contributed by atoms with Gasteiger partial charge in [-0.05, 0) is 47.5 Å². The Balaban J connectivity index is 2.22. The number of rotatable bonds is 3. The standard InChI is InChI=1S/C12H12BrClN2S/c1-7-5-9(13)11(6-10(7)14)16-8(2)12-15-3-4-17-12/h3-6,8,16H,1-2H3. The molecule has 1 unspecified atom stereocenters. The molecule has 0 bridgehead atoms. The zero-order chi connectivity index (χ0) is 12.4. The first kappa shape index (κ1) is 12.9. The summed E-state index contributed by atoms with van der Waals surface area (Å²) in [7, 11) is 0. The Morgan fingerprint density at radius 1 is 1.47 bits per heavy atom. The first-order valence-corrected chi connectivity index (χ1v) is 7.24. The van der Waals surface area contributed by atoms with Gasteiger partial charge in [0.2, 0.25) is 0 Å². The van der Waals surface area contributed by atoms with Crippen LogP contribution in [0, 0.1) is 6.92 Å². The third-order valence-corrected chi connectivity index (χ3v) is 4.46. The first-order valence-electron chi connectivity index (χ1n) is 5.19. The molecule has 0 aliphatic carbocycles. The molecule has 1 aromatic heterocycles. The molecule has 1 atom stereocenters. The summed E-state index contributed by atoms with van der Waals surface area (Å²) in [5.74, 6) is 0. The largest absolute Gasteiger partial charge is 0.375 e. The van der Waals surface area contributed by atoms with Gasteiger partial charge in [0.05, 0.1) is 11.7 Å². The number of aromatic nitrogens is 1. The SMILES string of the molecule is Cc1cc(Br)c(NC(C)c2nccs2)cc1Cl. The van der Waals surface area contributed by atoms with Crippen molar-refractivity contribution in [3.8, 4) is 0 Å². The Bertz CT molecular complexity index is 513. The lowest BCUT2D eigenvalue weighted by Gasteiger charge is -2.15. The highest BCUT2D eigenvalue weighted by Gasteiger charge is 2.11. The van der Waals surface area contributed by atoms with Gasteiger partial charge in [-0.1, -0.05) is 11.6 Å². The first-order chi connectivity index (χ1) is 8.08. The van der Waals surface area contributed by atoms with E-state index < -0.39 is 0 Å². The van der Waals surface area contributed by atoms with Gasteiger partial charge in [-0.3, -0.25) is 0 Å². The van der Waals surface area contributed by atoms with Crippen LogP contribution in [0.25, 0.3) is 0 Å². The molecule has 1 N–H and O–H groups in total. The van der Waals surface area contributed by atoms with Crippen molar-refractivity contribution in [1.82, 2.24) is 4.98 Å². The van der Waals surface area contributed by atoms with Crippen molar-refractivity contribution in [3.05, 3.63) is 43.8 Å². The van der Waals surface area contributed by atoms with E-state index in [1.807, 2.05) is 30.6 Å². The van der Waals surface area contributed by atoms with Gasteiger partial charge in [-0.25, -0.2) is 4.98 Å². The highest BCUT2D eigenvalue weighted by atomic mass is 79.9. The van der Waals surface area contributed by atoms with Gasteiger partial charge in [0.25, 0.3) is 0 Å². The molecule has 0 spiro atoms. The fraction of sp³-hybridized carbons (Fsp3) is 0.250. The van der Waals surface area contributed by atoms with Crippen molar-refractivity contribution in [2.24, 2.45) is 0 Å². The lowest BCUT2D eigenvalue weighted by molar-refractivity contribution is 0.868. The van der Waals surface area contributed by atoms with E-state index in [4.69, 9.17) is 11.6 Å². The second-order valence-electron chi connectivity index (χ2n) is 3.82. The number of hydrogen-bond acceptors (Lipinski definition) is 3. The van der Waals surface area contributed by atoms with E-state index in [1.54, 1.807) is 11.3 Å². The maximum absolute atomic E-state index is 6.12. The topological polar surface area (TPSA) is 24.9 Å². The molecule has 0 saturated carbocycles. The molecule has 0 aliphatic rings. The molecular formula is C12H12BrClN2S. The van der Waals surface area contributed by atoms with Crippen LogP contribution < -0.4 is 5.32 Å². The molecule has 90 valence electrons. The van der Waals surface area contributed by atoms with Crippen LogP contribution in [0.2, 0.25) is 5.02 Å². The molecule has 0 aliphatic heterocycles. The number of thiazole rings is 1.